The molecule has 9 heteroatoms. The lowest BCUT2D eigenvalue weighted by atomic mass is 9.93. The van der Waals surface area contributed by atoms with Gasteiger partial charge < -0.3 is 10.2 Å². The molecule has 2 heterocycles. The fourth-order valence-electron chi connectivity index (χ4n) is 3.54. The summed E-state index contributed by atoms with van der Waals surface area (Å²) in [4.78, 5) is 37.9. The Morgan fingerprint density at radius 2 is 2.00 bits per heavy atom. The van der Waals surface area contributed by atoms with Gasteiger partial charge in [-0.25, -0.2) is 13.5 Å². The zero-order valence-electron chi connectivity index (χ0n) is 16.7. The number of piperidine rings is 1. The van der Waals surface area contributed by atoms with Crippen LogP contribution >= 0.6 is 0 Å². The van der Waals surface area contributed by atoms with E-state index in [0.29, 0.717) is 25.1 Å². The molecule has 2 aromatic rings. The average Bonchev–Trinajstić information content (AvgIpc) is 2.74. The van der Waals surface area contributed by atoms with Crippen molar-refractivity contribution in [2.45, 2.75) is 32.2 Å². The minimum Gasteiger partial charge on any atom is -0.352 e. The lowest BCUT2D eigenvalue weighted by molar-refractivity contribution is -0.121. The number of aromatic nitrogens is 2. The second-order valence-electron chi connectivity index (χ2n) is 7.50. The maximum Gasteiger partial charge on any atom is 0.274 e. The van der Waals surface area contributed by atoms with Gasteiger partial charge in [-0.05, 0) is 48.9 Å². The number of hydrogen-bond donors (Lipinski definition) is 1. The lowest BCUT2D eigenvalue weighted by Gasteiger charge is -2.32. The summed E-state index contributed by atoms with van der Waals surface area (Å²) in [7, 11) is 1.50. The summed E-state index contributed by atoms with van der Waals surface area (Å²) in [5.74, 6) is -2.08. The quantitative estimate of drug-likeness (QED) is 0.778. The Balaban J connectivity index is 1.47. The van der Waals surface area contributed by atoms with Gasteiger partial charge in [0.1, 0.15) is 5.69 Å². The Kier molecular flexibility index (Phi) is 6.91. The smallest absolute Gasteiger partial charge is 0.274 e. The molecule has 2 amide bonds. The Morgan fingerprint density at radius 1 is 1.20 bits per heavy atom. The van der Waals surface area contributed by atoms with E-state index in [4.69, 9.17) is 0 Å². The summed E-state index contributed by atoms with van der Waals surface area (Å²) in [6.07, 6.45) is 2.65. The van der Waals surface area contributed by atoms with Gasteiger partial charge in [-0.3, -0.25) is 14.4 Å². The standard InChI is InChI=1S/C21H24F2N4O3/c1-26-20(29)9-7-18(25-26)21(30)27-10-2-3-14(13-27)5-8-19(28)24-12-15-4-6-16(22)17(23)11-15/h4,6-7,9,11,14H,2-3,5,8,10,12-13H2,1H3,(H,24,28). The van der Waals surface area contributed by atoms with Crippen molar-refractivity contribution in [3.63, 3.8) is 0 Å². The van der Waals surface area contributed by atoms with Crippen LogP contribution in [0.3, 0.4) is 0 Å². The topological polar surface area (TPSA) is 84.3 Å². The summed E-state index contributed by atoms with van der Waals surface area (Å²) in [5, 5.41) is 6.72. The molecule has 0 radical (unpaired) electrons. The van der Waals surface area contributed by atoms with E-state index in [1.54, 1.807) is 4.90 Å². The Hall–Kier alpha value is -3.10. The fourth-order valence-corrected chi connectivity index (χ4v) is 3.54. The normalized spacial score (nSPS) is 16.4. The van der Waals surface area contributed by atoms with Crippen LogP contribution in [0.5, 0.6) is 0 Å². The highest BCUT2D eigenvalue weighted by Gasteiger charge is 2.26. The summed E-state index contributed by atoms with van der Waals surface area (Å²) in [6.45, 7) is 1.27. The molecule has 1 aliphatic heterocycles. The highest BCUT2D eigenvalue weighted by atomic mass is 19.2. The molecule has 0 bridgehead atoms. The van der Waals surface area contributed by atoms with Crippen molar-refractivity contribution in [2.24, 2.45) is 13.0 Å². The fraction of sp³-hybridized carbons (Fsp3) is 0.429. The molecule has 0 spiro atoms. The molecule has 1 aromatic carbocycles. The van der Waals surface area contributed by atoms with E-state index in [-0.39, 0.29) is 42.0 Å². The van der Waals surface area contributed by atoms with Crippen LogP contribution < -0.4 is 10.9 Å². The summed E-state index contributed by atoms with van der Waals surface area (Å²) < 4.78 is 27.3. The van der Waals surface area contributed by atoms with Crippen molar-refractivity contribution in [2.75, 3.05) is 13.1 Å². The minimum atomic E-state index is -0.943. The van der Waals surface area contributed by atoms with Crippen LogP contribution in [-0.4, -0.2) is 39.6 Å². The molecule has 160 valence electrons. The molecule has 0 aliphatic carbocycles. The molecule has 1 aromatic heterocycles. The molecular formula is C21H24F2N4O3. The zero-order chi connectivity index (χ0) is 21.7. The van der Waals surface area contributed by atoms with E-state index < -0.39 is 11.6 Å². The first-order chi connectivity index (χ1) is 14.3. The third-order valence-electron chi connectivity index (χ3n) is 5.24. The number of aryl methyl sites for hydroxylation is 1. The molecule has 0 saturated carbocycles. The molecule has 7 nitrogen and oxygen atoms in total. The van der Waals surface area contributed by atoms with Crippen LogP contribution in [0.25, 0.3) is 0 Å². The molecule has 1 saturated heterocycles. The van der Waals surface area contributed by atoms with Gasteiger partial charge in [-0.2, -0.15) is 5.10 Å². The third kappa shape index (κ3) is 5.49. The third-order valence-corrected chi connectivity index (χ3v) is 5.24. The van der Waals surface area contributed by atoms with Crippen molar-refractivity contribution in [3.8, 4) is 0 Å². The first-order valence-corrected chi connectivity index (χ1v) is 9.87. The number of nitrogens with one attached hydrogen (secondary N) is 1. The van der Waals surface area contributed by atoms with Gasteiger partial charge >= 0.3 is 0 Å². The molecule has 30 heavy (non-hydrogen) atoms. The van der Waals surface area contributed by atoms with Crippen molar-refractivity contribution in [1.82, 2.24) is 20.0 Å². The minimum absolute atomic E-state index is 0.129. The molecular weight excluding hydrogens is 394 g/mol. The predicted molar refractivity (Wildman–Crippen MR) is 106 cm³/mol. The zero-order valence-corrected chi connectivity index (χ0v) is 16.7. The average molecular weight is 418 g/mol. The van der Waals surface area contributed by atoms with E-state index in [9.17, 15) is 23.2 Å². The van der Waals surface area contributed by atoms with Crippen LogP contribution in [0.4, 0.5) is 8.78 Å². The number of carbonyl (C=O) groups is 2. The first-order valence-electron chi connectivity index (χ1n) is 9.87. The largest absolute Gasteiger partial charge is 0.352 e. The summed E-state index contributed by atoms with van der Waals surface area (Å²) in [5.41, 5.74) is 0.431. The van der Waals surface area contributed by atoms with Gasteiger partial charge in [0.2, 0.25) is 5.91 Å². The van der Waals surface area contributed by atoms with Gasteiger partial charge in [0, 0.05) is 39.2 Å². The van der Waals surface area contributed by atoms with Gasteiger partial charge in [-0.1, -0.05) is 6.07 Å². The number of nitrogens with zero attached hydrogens (tertiary/aromatic N) is 3. The van der Waals surface area contributed by atoms with Crippen LogP contribution in [-0.2, 0) is 18.4 Å². The number of halogens is 2. The molecule has 1 N–H and O–H groups in total. The first kappa shape index (κ1) is 21.6. The SMILES string of the molecule is Cn1nc(C(=O)N2CCCC(CCC(=O)NCc3ccc(F)c(F)c3)C2)ccc1=O. The van der Waals surface area contributed by atoms with Crippen LogP contribution in [0, 0.1) is 17.6 Å². The molecule has 3 rings (SSSR count). The van der Waals surface area contributed by atoms with E-state index in [0.717, 1.165) is 29.7 Å². The van der Waals surface area contributed by atoms with Gasteiger partial charge in [0.05, 0.1) is 0 Å². The molecule has 1 atom stereocenters. The van der Waals surface area contributed by atoms with E-state index in [1.807, 2.05) is 0 Å². The van der Waals surface area contributed by atoms with E-state index in [1.165, 1.54) is 25.2 Å². The van der Waals surface area contributed by atoms with Crippen molar-refractivity contribution in [1.29, 1.82) is 0 Å². The summed E-state index contributed by atoms with van der Waals surface area (Å²) in [6, 6.07) is 6.27. The predicted octanol–water partition coefficient (Wildman–Crippen LogP) is 2.01. The number of benzene rings is 1. The maximum atomic E-state index is 13.2. The van der Waals surface area contributed by atoms with Gasteiger partial charge in [-0.15, -0.1) is 0 Å². The Labute approximate surface area is 172 Å². The van der Waals surface area contributed by atoms with Gasteiger partial charge in [0.25, 0.3) is 11.5 Å². The number of rotatable bonds is 6. The highest BCUT2D eigenvalue weighted by molar-refractivity contribution is 5.92. The van der Waals surface area contributed by atoms with Crippen LogP contribution in [0.15, 0.2) is 35.1 Å². The Morgan fingerprint density at radius 3 is 2.73 bits per heavy atom. The number of amides is 2. The summed E-state index contributed by atoms with van der Waals surface area (Å²) >= 11 is 0. The molecule has 1 unspecified atom stereocenters. The Bertz CT molecular complexity index is 992. The second kappa shape index (κ2) is 9.60. The molecule has 1 aliphatic rings. The second-order valence-corrected chi connectivity index (χ2v) is 7.50. The van der Waals surface area contributed by atoms with Crippen molar-refractivity contribution < 1.29 is 18.4 Å². The number of carbonyl (C=O) groups excluding carboxylic acids is 2. The number of hydrogen-bond acceptors (Lipinski definition) is 4. The molecule has 1 fully saturated rings. The monoisotopic (exact) mass is 418 g/mol. The van der Waals surface area contributed by atoms with Crippen LogP contribution in [0.1, 0.15) is 41.7 Å². The highest BCUT2D eigenvalue weighted by Crippen LogP contribution is 2.22. The van der Waals surface area contributed by atoms with Gasteiger partial charge in [0.15, 0.2) is 11.6 Å². The van der Waals surface area contributed by atoms with E-state index in [2.05, 4.69) is 10.4 Å². The number of likely N-dealkylation sites (tertiary alicyclic amines) is 1. The van der Waals surface area contributed by atoms with Crippen LogP contribution in [0.2, 0.25) is 0 Å². The van der Waals surface area contributed by atoms with Crippen molar-refractivity contribution in [3.05, 3.63) is 63.6 Å². The maximum absolute atomic E-state index is 13.2. The van der Waals surface area contributed by atoms with Crippen molar-refractivity contribution >= 4 is 11.8 Å². The van der Waals surface area contributed by atoms with E-state index >= 15 is 0 Å². The lowest BCUT2D eigenvalue weighted by Crippen LogP contribution is -2.41.